The second-order valence-corrected chi connectivity index (χ2v) is 8.48. The maximum atomic E-state index is 13.4. The van der Waals surface area contributed by atoms with E-state index in [1.165, 1.54) is 29.5 Å². The van der Waals surface area contributed by atoms with Gasteiger partial charge >= 0.3 is 0 Å². The third-order valence-electron chi connectivity index (χ3n) is 5.12. The first kappa shape index (κ1) is 20.2. The average molecular weight is 424 g/mol. The summed E-state index contributed by atoms with van der Waals surface area (Å²) in [7, 11) is 0. The lowest BCUT2D eigenvalue weighted by molar-refractivity contribution is -0.118. The first-order valence-corrected chi connectivity index (χ1v) is 10.8. The van der Waals surface area contributed by atoms with Crippen molar-refractivity contribution in [3.8, 4) is 11.3 Å². The molecular weight excluding hydrogens is 401 g/mol. The van der Waals surface area contributed by atoms with Crippen molar-refractivity contribution < 1.29 is 14.0 Å². The van der Waals surface area contributed by atoms with Gasteiger partial charge < -0.3 is 4.90 Å². The van der Waals surface area contributed by atoms with E-state index >= 15 is 0 Å². The van der Waals surface area contributed by atoms with Crippen LogP contribution in [0.25, 0.3) is 11.3 Å². The molecule has 154 valence electrons. The predicted octanol–water partition coefficient (Wildman–Crippen LogP) is 5.20. The van der Waals surface area contributed by atoms with Gasteiger partial charge in [-0.15, -0.1) is 11.3 Å². The second-order valence-electron chi connectivity index (χ2n) is 7.28. The Hall–Kier alpha value is -3.06. The highest BCUT2D eigenvalue weighted by molar-refractivity contribution is 7.16. The Bertz CT molecular complexity index is 1130. The van der Waals surface area contributed by atoms with Gasteiger partial charge in [0, 0.05) is 34.7 Å². The lowest BCUT2D eigenvalue weighted by Gasteiger charge is -2.17. The molecule has 0 saturated carbocycles. The molecule has 4 rings (SSSR count). The molecule has 3 aromatic rings. The van der Waals surface area contributed by atoms with Crippen LogP contribution in [0, 0.1) is 12.7 Å². The summed E-state index contributed by atoms with van der Waals surface area (Å²) < 4.78 is 13.4. The first-order valence-electron chi connectivity index (χ1n) is 9.94. The maximum Gasteiger partial charge on any atom is 0.257 e. The van der Waals surface area contributed by atoms with Crippen molar-refractivity contribution in [2.24, 2.45) is 0 Å². The van der Waals surface area contributed by atoms with E-state index in [9.17, 15) is 14.0 Å². The second kappa shape index (κ2) is 8.36. The number of hydrogen-bond acceptors (Lipinski definition) is 4. The fourth-order valence-corrected chi connectivity index (χ4v) is 4.50. The minimum absolute atomic E-state index is 0.163. The number of aryl methyl sites for hydroxylation is 1. The molecule has 0 aliphatic carbocycles. The van der Waals surface area contributed by atoms with E-state index in [2.05, 4.69) is 16.4 Å². The molecule has 0 unspecified atom stereocenters. The fraction of sp³-hybridized carbons (Fsp3) is 0.261. The van der Waals surface area contributed by atoms with Crippen molar-refractivity contribution in [3.05, 3.63) is 64.3 Å². The summed E-state index contributed by atoms with van der Waals surface area (Å²) in [6.07, 6.45) is 2.22. The number of aromatic nitrogens is 1. The monoisotopic (exact) mass is 423 g/mol. The number of benzene rings is 2. The Morgan fingerprint density at radius 1 is 1.23 bits per heavy atom. The molecule has 2 aromatic carbocycles. The number of rotatable bonds is 5. The number of fused-ring (bicyclic) bond motifs is 1. The number of hydrogen-bond donors (Lipinski definition) is 1. The molecule has 0 radical (unpaired) electrons. The zero-order valence-corrected chi connectivity index (χ0v) is 17.7. The number of amides is 2. The van der Waals surface area contributed by atoms with Gasteiger partial charge in [-0.1, -0.05) is 19.1 Å². The van der Waals surface area contributed by atoms with Crippen LogP contribution in [0.5, 0.6) is 0 Å². The molecule has 0 saturated heterocycles. The van der Waals surface area contributed by atoms with Crippen LogP contribution >= 0.6 is 11.3 Å². The van der Waals surface area contributed by atoms with Crippen LogP contribution in [0.2, 0.25) is 0 Å². The standard InChI is InChI=1S/C23H22FN3O2S/c1-3-5-20(28)27-11-10-15-12-16(8-9-19(15)27)21-14(2)30-23(25-21)26-22(29)17-6-4-7-18(24)13-17/h4,6-9,12-13H,3,5,10-11H2,1-2H3,(H,25,26,29). The molecule has 7 heteroatoms. The Labute approximate surface area is 178 Å². The lowest BCUT2D eigenvalue weighted by Crippen LogP contribution is -2.28. The van der Waals surface area contributed by atoms with Gasteiger partial charge in [0.05, 0.1) is 5.69 Å². The number of anilines is 2. The topological polar surface area (TPSA) is 62.3 Å². The van der Waals surface area contributed by atoms with E-state index in [1.54, 1.807) is 6.07 Å². The third-order valence-corrected chi connectivity index (χ3v) is 6.00. The van der Waals surface area contributed by atoms with Crippen LogP contribution in [0.3, 0.4) is 0 Å². The van der Waals surface area contributed by atoms with Crippen LogP contribution in [-0.4, -0.2) is 23.3 Å². The number of nitrogens with zero attached hydrogens (tertiary/aromatic N) is 2. The molecule has 30 heavy (non-hydrogen) atoms. The van der Waals surface area contributed by atoms with Gasteiger partial charge in [-0.3, -0.25) is 14.9 Å². The predicted molar refractivity (Wildman–Crippen MR) is 118 cm³/mol. The van der Waals surface area contributed by atoms with E-state index in [4.69, 9.17) is 0 Å². The van der Waals surface area contributed by atoms with E-state index in [0.29, 0.717) is 18.1 Å². The van der Waals surface area contributed by atoms with Crippen molar-refractivity contribution >= 4 is 34.0 Å². The van der Waals surface area contributed by atoms with Gasteiger partial charge in [0.2, 0.25) is 5.91 Å². The van der Waals surface area contributed by atoms with Crippen LogP contribution in [-0.2, 0) is 11.2 Å². The largest absolute Gasteiger partial charge is 0.312 e. The quantitative estimate of drug-likeness (QED) is 0.614. The molecule has 0 spiro atoms. The fourth-order valence-electron chi connectivity index (χ4n) is 3.67. The van der Waals surface area contributed by atoms with Crippen molar-refractivity contribution in [2.75, 3.05) is 16.8 Å². The summed E-state index contributed by atoms with van der Waals surface area (Å²) in [5.74, 6) is -0.687. The molecule has 1 N–H and O–H groups in total. The number of carbonyl (C=O) groups is 2. The minimum atomic E-state index is -0.455. The Balaban J connectivity index is 1.55. The summed E-state index contributed by atoms with van der Waals surface area (Å²) in [5.41, 5.74) is 4.12. The van der Waals surface area contributed by atoms with Gasteiger partial charge in [0.15, 0.2) is 5.13 Å². The molecule has 0 atom stereocenters. The summed E-state index contributed by atoms with van der Waals surface area (Å²) >= 11 is 1.38. The highest BCUT2D eigenvalue weighted by Gasteiger charge is 2.25. The summed E-state index contributed by atoms with van der Waals surface area (Å²) in [5, 5.41) is 3.22. The Morgan fingerprint density at radius 3 is 2.83 bits per heavy atom. The van der Waals surface area contributed by atoms with E-state index in [-0.39, 0.29) is 11.5 Å². The van der Waals surface area contributed by atoms with E-state index < -0.39 is 11.7 Å². The van der Waals surface area contributed by atoms with Crippen molar-refractivity contribution in [3.63, 3.8) is 0 Å². The van der Waals surface area contributed by atoms with Crippen LogP contribution in [0.1, 0.15) is 40.6 Å². The van der Waals surface area contributed by atoms with Crippen LogP contribution in [0.4, 0.5) is 15.2 Å². The number of thiazole rings is 1. The molecule has 1 aliphatic heterocycles. The molecule has 0 fully saturated rings. The summed E-state index contributed by atoms with van der Waals surface area (Å²) in [6, 6.07) is 11.6. The number of halogens is 1. The molecule has 2 amide bonds. The van der Waals surface area contributed by atoms with Crippen molar-refractivity contribution in [1.29, 1.82) is 0 Å². The lowest BCUT2D eigenvalue weighted by atomic mass is 10.1. The molecule has 1 aliphatic rings. The van der Waals surface area contributed by atoms with Gasteiger partial charge in [-0.2, -0.15) is 0 Å². The molecule has 0 bridgehead atoms. The molecule has 1 aromatic heterocycles. The van der Waals surface area contributed by atoms with Crippen molar-refractivity contribution in [2.45, 2.75) is 33.1 Å². The Kier molecular flexibility index (Phi) is 5.63. The van der Waals surface area contributed by atoms with Gasteiger partial charge in [-0.25, -0.2) is 9.37 Å². The summed E-state index contributed by atoms with van der Waals surface area (Å²) in [4.78, 5) is 32.1. The third kappa shape index (κ3) is 3.98. The van der Waals surface area contributed by atoms with E-state index in [0.717, 1.165) is 40.2 Å². The Morgan fingerprint density at radius 2 is 2.07 bits per heavy atom. The van der Waals surface area contributed by atoms with Crippen molar-refractivity contribution in [1.82, 2.24) is 4.98 Å². The first-order chi connectivity index (χ1) is 14.5. The van der Waals surface area contributed by atoms with Gasteiger partial charge in [-0.05, 0) is 55.7 Å². The number of carbonyl (C=O) groups excluding carboxylic acids is 2. The molecule has 2 heterocycles. The molecule has 5 nitrogen and oxygen atoms in total. The van der Waals surface area contributed by atoms with E-state index in [1.807, 2.05) is 30.9 Å². The SMILES string of the molecule is CCCC(=O)N1CCc2cc(-c3nc(NC(=O)c4cccc(F)c4)sc3C)ccc21. The minimum Gasteiger partial charge on any atom is -0.312 e. The highest BCUT2D eigenvalue weighted by atomic mass is 32.1. The summed E-state index contributed by atoms with van der Waals surface area (Å²) in [6.45, 7) is 4.67. The van der Waals surface area contributed by atoms with Gasteiger partial charge in [0.1, 0.15) is 5.82 Å². The average Bonchev–Trinajstić information content (AvgIpc) is 3.30. The van der Waals surface area contributed by atoms with Crippen LogP contribution in [0.15, 0.2) is 42.5 Å². The maximum absolute atomic E-state index is 13.4. The normalized spacial score (nSPS) is 12.7. The smallest absolute Gasteiger partial charge is 0.257 e. The zero-order valence-electron chi connectivity index (χ0n) is 16.9. The molecular formula is C23H22FN3O2S. The van der Waals surface area contributed by atoms with Gasteiger partial charge in [0.25, 0.3) is 5.91 Å². The number of nitrogens with one attached hydrogen (secondary N) is 1. The highest BCUT2D eigenvalue weighted by Crippen LogP contribution is 2.36. The zero-order chi connectivity index (χ0) is 21.3. The van der Waals surface area contributed by atoms with Crippen LogP contribution < -0.4 is 10.2 Å².